The molecule has 7 heteroatoms. The van der Waals surface area contributed by atoms with Crippen LogP contribution in [0.3, 0.4) is 0 Å². The third-order valence-electron chi connectivity index (χ3n) is 5.18. The number of thiazole rings is 1. The van der Waals surface area contributed by atoms with Gasteiger partial charge in [-0.2, -0.15) is 0 Å². The molecular formula is C16H23N3O3S. The normalized spacial score (nSPS) is 29.0. The molecule has 1 aromatic heterocycles. The van der Waals surface area contributed by atoms with Crippen LogP contribution in [0.25, 0.3) is 6.08 Å². The molecule has 1 aliphatic heterocycles. The minimum absolute atomic E-state index is 0.152. The van der Waals surface area contributed by atoms with Crippen molar-refractivity contribution in [1.29, 1.82) is 0 Å². The summed E-state index contributed by atoms with van der Waals surface area (Å²) < 4.78 is 6.67. The number of hydrogen-bond acceptors (Lipinski definition) is 6. The van der Waals surface area contributed by atoms with Gasteiger partial charge in [-0.15, -0.1) is 0 Å². The van der Waals surface area contributed by atoms with Crippen LogP contribution in [0.5, 0.6) is 0 Å². The van der Waals surface area contributed by atoms with Crippen LogP contribution >= 0.6 is 11.3 Å². The zero-order valence-corrected chi connectivity index (χ0v) is 14.6. The number of esters is 1. The molecule has 0 bridgehead atoms. The highest BCUT2D eigenvalue weighted by molar-refractivity contribution is 7.07. The van der Waals surface area contributed by atoms with Gasteiger partial charge in [-0.05, 0) is 18.3 Å². The Bertz CT molecular complexity index is 767. The van der Waals surface area contributed by atoms with Gasteiger partial charge in [0.1, 0.15) is 4.53 Å². The summed E-state index contributed by atoms with van der Waals surface area (Å²) in [4.78, 5) is 31.4. The lowest BCUT2D eigenvalue weighted by Crippen LogP contribution is -2.50. The summed E-state index contributed by atoms with van der Waals surface area (Å²) in [5.41, 5.74) is -0.152. The van der Waals surface area contributed by atoms with E-state index in [1.807, 2.05) is 0 Å². The molecule has 0 amide bonds. The second kappa shape index (κ2) is 6.57. The van der Waals surface area contributed by atoms with E-state index in [4.69, 9.17) is 0 Å². The lowest BCUT2D eigenvalue weighted by atomic mass is 9.77. The van der Waals surface area contributed by atoms with Crippen LogP contribution in [0.4, 0.5) is 0 Å². The van der Waals surface area contributed by atoms with Crippen molar-refractivity contribution in [2.24, 2.45) is 16.8 Å². The number of ether oxygens (including phenoxy) is 1. The fourth-order valence-corrected chi connectivity index (χ4v) is 4.50. The fourth-order valence-electron chi connectivity index (χ4n) is 3.57. The first-order chi connectivity index (χ1) is 11.0. The van der Waals surface area contributed by atoms with Crippen molar-refractivity contribution in [3.8, 4) is 0 Å². The van der Waals surface area contributed by atoms with E-state index in [0.717, 1.165) is 6.42 Å². The summed E-state index contributed by atoms with van der Waals surface area (Å²) in [6.45, 7) is 5.80. The molecule has 3 rings (SSSR count). The molecule has 1 fully saturated rings. The van der Waals surface area contributed by atoms with Gasteiger partial charge in [0.05, 0.1) is 20.4 Å². The third kappa shape index (κ3) is 3.12. The van der Waals surface area contributed by atoms with Crippen LogP contribution in [0.1, 0.15) is 33.1 Å². The number of aromatic nitrogens is 1. The summed E-state index contributed by atoms with van der Waals surface area (Å²) in [5, 5.41) is 0. The molecule has 2 aliphatic rings. The molecule has 1 saturated carbocycles. The second-order valence-electron chi connectivity index (χ2n) is 6.51. The van der Waals surface area contributed by atoms with Crippen molar-refractivity contribution >= 4 is 23.4 Å². The topological polar surface area (TPSA) is 63.9 Å². The smallest absolute Gasteiger partial charge is 0.332 e. The van der Waals surface area contributed by atoms with Crippen LogP contribution in [0.15, 0.2) is 9.79 Å². The van der Waals surface area contributed by atoms with Crippen molar-refractivity contribution in [2.75, 3.05) is 13.8 Å². The van der Waals surface area contributed by atoms with E-state index < -0.39 is 5.97 Å². The average Bonchev–Trinajstić information content (AvgIpc) is 2.85. The molecule has 0 saturated heterocycles. The molecule has 2 heterocycles. The molecule has 3 atom stereocenters. The van der Waals surface area contributed by atoms with E-state index >= 15 is 0 Å². The number of fused-ring (bicyclic) bond motifs is 1. The Morgan fingerprint density at radius 2 is 2.17 bits per heavy atom. The molecule has 1 aliphatic carbocycles. The van der Waals surface area contributed by atoms with Crippen LogP contribution in [-0.4, -0.2) is 35.3 Å². The monoisotopic (exact) mass is 337 g/mol. The van der Waals surface area contributed by atoms with Gasteiger partial charge >= 0.3 is 5.97 Å². The Morgan fingerprint density at radius 3 is 2.91 bits per heavy atom. The van der Waals surface area contributed by atoms with Crippen LogP contribution in [0, 0.1) is 11.8 Å². The Hall–Kier alpha value is -1.47. The summed E-state index contributed by atoms with van der Waals surface area (Å²) in [7, 11) is 1.31. The van der Waals surface area contributed by atoms with Gasteiger partial charge in [-0.25, -0.2) is 9.79 Å². The first-order valence-corrected chi connectivity index (χ1v) is 8.90. The number of rotatable bonds is 2. The summed E-state index contributed by atoms with van der Waals surface area (Å²) in [6, 6.07) is 0.468. The van der Waals surface area contributed by atoms with Gasteiger partial charge in [-0.1, -0.05) is 38.0 Å². The lowest BCUT2D eigenvalue weighted by Gasteiger charge is -2.41. The van der Waals surface area contributed by atoms with Gasteiger partial charge in [0.2, 0.25) is 0 Å². The van der Waals surface area contributed by atoms with Crippen molar-refractivity contribution < 1.29 is 9.53 Å². The van der Waals surface area contributed by atoms with Gasteiger partial charge in [-0.3, -0.25) is 14.3 Å². The molecule has 3 unspecified atom stereocenters. The maximum atomic E-state index is 12.5. The minimum Gasteiger partial charge on any atom is -0.466 e. The molecule has 126 valence electrons. The molecule has 0 radical (unpaired) electrons. The standard InChI is InChI=1S/C16H23N3O3S/c1-10-5-4-6-12(11(10)2)18-8-17-16-19(9-18)15(21)13(23-16)7-14(20)22-3/h7,10-12H,4-6,8-9H2,1-3H3/b13-7-. The summed E-state index contributed by atoms with van der Waals surface area (Å²) in [6.07, 6.45) is 4.93. The number of carbonyl (C=O) groups is 1. The molecule has 0 spiro atoms. The Balaban J connectivity index is 1.88. The minimum atomic E-state index is -0.507. The quantitative estimate of drug-likeness (QED) is 0.739. The number of methoxy groups -OCH3 is 1. The van der Waals surface area contributed by atoms with Crippen molar-refractivity contribution in [1.82, 2.24) is 9.47 Å². The first kappa shape index (κ1) is 16.4. The Labute approximate surface area is 139 Å². The van der Waals surface area contributed by atoms with Gasteiger partial charge in [0, 0.05) is 12.1 Å². The number of hydrogen-bond donors (Lipinski definition) is 0. The van der Waals surface area contributed by atoms with Crippen molar-refractivity contribution in [2.45, 2.75) is 45.8 Å². The van der Waals surface area contributed by atoms with Crippen LogP contribution in [0.2, 0.25) is 0 Å². The summed E-state index contributed by atoms with van der Waals surface area (Å²) >= 11 is 1.26. The maximum Gasteiger partial charge on any atom is 0.332 e. The predicted molar refractivity (Wildman–Crippen MR) is 88.5 cm³/mol. The van der Waals surface area contributed by atoms with Crippen molar-refractivity contribution in [3.05, 3.63) is 19.7 Å². The number of nitrogens with zero attached hydrogens (tertiary/aromatic N) is 3. The summed E-state index contributed by atoms with van der Waals surface area (Å²) in [5.74, 6) is 0.807. The Morgan fingerprint density at radius 1 is 1.39 bits per heavy atom. The largest absolute Gasteiger partial charge is 0.466 e. The maximum absolute atomic E-state index is 12.5. The number of carbonyl (C=O) groups excluding carboxylic acids is 1. The fraction of sp³-hybridized carbons (Fsp3) is 0.688. The van der Waals surface area contributed by atoms with Crippen LogP contribution in [-0.2, 0) is 16.2 Å². The van der Waals surface area contributed by atoms with Crippen molar-refractivity contribution in [3.63, 3.8) is 0 Å². The van der Waals surface area contributed by atoms with E-state index in [1.165, 1.54) is 37.4 Å². The van der Waals surface area contributed by atoms with E-state index in [-0.39, 0.29) is 5.56 Å². The predicted octanol–water partition coefficient (Wildman–Crippen LogP) is 0.538. The molecule has 1 aromatic rings. The molecular weight excluding hydrogens is 314 g/mol. The van der Waals surface area contributed by atoms with E-state index in [9.17, 15) is 9.59 Å². The highest BCUT2D eigenvalue weighted by Gasteiger charge is 2.32. The van der Waals surface area contributed by atoms with E-state index in [1.54, 1.807) is 4.57 Å². The molecule has 23 heavy (non-hydrogen) atoms. The first-order valence-electron chi connectivity index (χ1n) is 8.09. The Kier molecular flexibility index (Phi) is 4.68. The molecule has 6 nitrogen and oxygen atoms in total. The highest BCUT2D eigenvalue weighted by Crippen LogP contribution is 2.33. The molecule has 0 aromatic carbocycles. The van der Waals surface area contributed by atoms with E-state index in [2.05, 4.69) is 28.5 Å². The zero-order chi connectivity index (χ0) is 16.6. The van der Waals surface area contributed by atoms with Gasteiger partial charge in [0.25, 0.3) is 5.56 Å². The lowest BCUT2D eigenvalue weighted by molar-refractivity contribution is -0.133. The highest BCUT2D eigenvalue weighted by atomic mass is 32.1. The molecule has 0 N–H and O–H groups in total. The van der Waals surface area contributed by atoms with Gasteiger partial charge < -0.3 is 4.74 Å². The van der Waals surface area contributed by atoms with Crippen LogP contribution < -0.4 is 14.9 Å². The zero-order valence-electron chi connectivity index (χ0n) is 13.8. The third-order valence-corrected chi connectivity index (χ3v) is 6.23. The average molecular weight is 337 g/mol. The second-order valence-corrected chi connectivity index (χ2v) is 7.52. The van der Waals surface area contributed by atoms with Gasteiger partial charge in [0.15, 0.2) is 4.80 Å². The van der Waals surface area contributed by atoms with E-state index in [0.29, 0.717) is 40.5 Å². The SMILES string of the molecule is COC(=O)/C=c1\sc2n(c1=O)CN(C1CCCC(C)C1C)CN=2.